The van der Waals surface area contributed by atoms with E-state index in [9.17, 15) is 0 Å². The summed E-state index contributed by atoms with van der Waals surface area (Å²) in [6.07, 6.45) is 0.746. The zero-order valence-electron chi connectivity index (χ0n) is 12.9. The molecule has 1 N–H and O–H groups in total. The van der Waals surface area contributed by atoms with Crippen molar-refractivity contribution in [3.63, 3.8) is 0 Å². The van der Waals surface area contributed by atoms with Gasteiger partial charge in [-0.3, -0.25) is 0 Å². The maximum Gasteiger partial charge on any atom is 0.228 e. The summed E-state index contributed by atoms with van der Waals surface area (Å²) in [6, 6.07) is 8.35. The predicted octanol–water partition coefficient (Wildman–Crippen LogP) is 3.92. The van der Waals surface area contributed by atoms with Crippen molar-refractivity contribution in [3.05, 3.63) is 41.5 Å². The summed E-state index contributed by atoms with van der Waals surface area (Å²) in [7, 11) is 0. The van der Waals surface area contributed by atoms with E-state index in [1.165, 1.54) is 5.56 Å². The molecule has 0 aliphatic heterocycles. The van der Waals surface area contributed by atoms with Crippen molar-refractivity contribution >= 4 is 17.4 Å². The normalized spacial score (nSPS) is 11.0. The highest BCUT2D eigenvalue weighted by Gasteiger charge is 2.06. The molecule has 0 aliphatic rings. The molecule has 0 spiro atoms. The molecule has 0 bridgehead atoms. The first-order valence-corrected chi connectivity index (χ1v) is 8.48. The van der Waals surface area contributed by atoms with E-state index in [0.29, 0.717) is 11.8 Å². The highest BCUT2D eigenvalue weighted by molar-refractivity contribution is 7.98. The van der Waals surface area contributed by atoms with Gasteiger partial charge in [0.05, 0.1) is 5.75 Å². The fourth-order valence-electron chi connectivity index (χ4n) is 1.82. The molecule has 0 radical (unpaired) electrons. The number of nitrogens with one attached hydrogen (secondary N) is 1. The van der Waals surface area contributed by atoms with Crippen LogP contribution in [0.5, 0.6) is 0 Å². The van der Waals surface area contributed by atoms with Crippen molar-refractivity contribution in [2.75, 3.05) is 17.6 Å². The Morgan fingerprint density at radius 2 is 2.00 bits per heavy atom. The lowest BCUT2D eigenvalue weighted by atomic mass is 10.2. The first kappa shape index (κ1) is 15.9. The summed E-state index contributed by atoms with van der Waals surface area (Å²) in [5.74, 6) is 4.15. The summed E-state index contributed by atoms with van der Waals surface area (Å²) < 4.78 is 5.26. The Morgan fingerprint density at radius 1 is 1.24 bits per heavy atom. The standard InChI is InChI=1S/C16H23N3OS/c1-12(2)10-21-11-15-18-16(20-19-15)8-9-17-14-6-4-13(3)5-7-14/h4-7,12,17H,8-11H2,1-3H3. The van der Waals surface area contributed by atoms with Crippen LogP contribution in [0.2, 0.25) is 0 Å². The van der Waals surface area contributed by atoms with Crippen LogP contribution in [0.25, 0.3) is 0 Å². The Kier molecular flexibility index (Phi) is 6.11. The van der Waals surface area contributed by atoms with Crippen molar-refractivity contribution in [2.45, 2.75) is 32.9 Å². The van der Waals surface area contributed by atoms with Gasteiger partial charge in [-0.2, -0.15) is 16.7 Å². The van der Waals surface area contributed by atoms with Gasteiger partial charge in [0, 0.05) is 18.7 Å². The first-order chi connectivity index (χ1) is 10.1. The maximum absolute atomic E-state index is 5.26. The summed E-state index contributed by atoms with van der Waals surface area (Å²) in [5, 5.41) is 7.37. The Labute approximate surface area is 130 Å². The quantitative estimate of drug-likeness (QED) is 0.801. The van der Waals surface area contributed by atoms with E-state index in [0.717, 1.165) is 36.0 Å². The molecule has 21 heavy (non-hydrogen) atoms. The molecule has 0 saturated carbocycles. The summed E-state index contributed by atoms with van der Waals surface area (Å²) in [6.45, 7) is 7.31. The van der Waals surface area contributed by atoms with Gasteiger partial charge in [0.25, 0.3) is 0 Å². The molecule has 2 aromatic rings. The smallest absolute Gasteiger partial charge is 0.228 e. The van der Waals surface area contributed by atoms with Crippen molar-refractivity contribution in [1.29, 1.82) is 0 Å². The molecule has 0 atom stereocenters. The van der Waals surface area contributed by atoms with Crippen molar-refractivity contribution in [3.8, 4) is 0 Å². The van der Waals surface area contributed by atoms with E-state index in [1.54, 1.807) is 0 Å². The number of benzene rings is 1. The van der Waals surface area contributed by atoms with Crippen LogP contribution in [0.1, 0.15) is 31.1 Å². The number of hydrogen-bond donors (Lipinski definition) is 1. The van der Waals surface area contributed by atoms with Crippen LogP contribution in [-0.4, -0.2) is 22.4 Å². The zero-order chi connectivity index (χ0) is 15.1. The van der Waals surface area contributed by atoms with Gasteiger partial charge in [-0.15, -0.1) is 0 Å². The minimum absolute atomic E-state index is 0.695. The molecule has 2 rings (SSSR count). The average Bonchev–Trinajstić information content (AvgIpc) is 2.88. The van der Waals surface area contributed by atoms with E-state index >= 15 is 0 Å². The lowest BCUT2D eigenvalue weighted by molar-refractivity contribution is 0.376. The number of aromatic nitrogens is 2. The molecule has 1 aromatic carbocycles. The molecule has 114 valence electrons. The summed E-state index contributed by atoms with van der Waals surface area (Å²) >= 11 is 1.85. The molecule has 0 unspecified atom stereocenters. The summed E-state index contributed by atoms with van der Waals surface area (Å²) in [5.41, 5.74) is 2.38. The van der Waals surface area contributed by atoms with Gasteiger partial charge in [0.1, 0.15) is 0 Å². The van der Waals surface area contributed by atoms with Crippen LogP contribution in [0.4, 0.5) is 5.69 Å². The fraction of sp³-hybridized carbons (Fsp3) is 0.500. The third kappa shape index (κ3) is 5.79. The van der Waals surface area contributed by atoms with Crippen LogP contribution in [0.15, 0.2) is 28.8 Å². The SMILES string of the molecule is Cc1ccc(NCCc2nc(CSCC(C)C)no2)cc1. The highest BCUT2D eigenvalue weighted by Crippen LogP contribution is 2.13. The van der Waals surface area contributed by atoms with E-state index < -0.39 is 0 Å². The number of anilines is 1. The molecule has 0 aliphatic carbocycles. The number of nitrogens with zero attached hydrogens (tertiary/aromatic N) is 2. The number of hydrogen-bond acceptors (Lipinski definition) is 5. The zero-order valence-corrected chi connectivity index (χ0v) is 13.7. The monoisotopic (exact) mass is 305 g/mol. The van der Waals surface area contributed by atoms with Crippen LogP contribution in [0.3, 0.4) is 0 Å². The maximum atomic E-state index is 5.26. The van der Waals surface area contributed by atoms with E-state index in [1.807, 2.05) is 11.8 Å². The van der Waals surface area contributed by atoms with Crippen LogP contribution in [0, 0.1) is 12.8 Å². The second kappa shape index (κ2) is 8.08. The largest absolute Gasteiger partial charge is 0.385 e. The Bertz CT molecular complexity index is 537. The molecule has 0 saturated heterocycles. The Balaban J connectivity index is 1.71. The molecule has 5 heteroatoms. The van der Waals surface area contributed by atoms with Gasteiger partial charge in [-0.25, -0.2) is 0 Å². The summed E-state index contributed by atoms with van der Waals surface area (Å²) in [4.78, 5) is 4.41. The van der Waals surface area contributed by atoms with Gasteiger partial charge >= 0.3 is 0 Å². The van der Waals surface area contributed by atoms with Crippen LogP contribution < -0.4 is 5.32 Å². The van der Waals surface area contributed by atoms with Crippen molar-refractivity contribution in [1.82, 2.24) is 10.1 Å². The molecule has 0 amide bonds. The first-order valence-electron chi connectivity index (χ1n) is 7.33. The van der Waals surface area contributed by atoms with E-state index in [4.69, 9.17) is 4.52 Å². The minimum atomic E-state index is 0.695. The topological polar surface area (TPSA) is 51.0 Å². The van der Waals surface area contributed by atoms with Crippen LogP contribution >= 0.6 is 11.8 Å². The van der Waals surface area contributed by atoms with E-state index in [2.05, 4.69) is 60.5 Å². The third-order valence-corrected chi connectivity index (χ3v) is 4.28. The molecular weight excluding hydrogens is 282 g/mol. The molecule has 1 heterocycles. The lowest BCUT2D eigenvalue weighted by Gasteiger charge is -2.04. The Hall–Kier alpha value is -1.49. The van der Waals surface area contributed by atoms with Crippen molar-refractivity contribution in [2.24, 2.45) is 5.92 Å². The molecular formula is C16H23N3OS. The second-order valence-electron chi connectivity index (χ2n) is 5.56. The van der Waals surface area contributed by atoms with Gasteiger partial charge < -0.3 is 9.84 Å². The number of aryl methyl sites for hydroxylation is 1. The minimum Gasteiger partial charge on any atom is -0.385 e. The fourth-order valence-corrected chi connectivity index (χ4v) is 2.71. The lowest BCUT2D eigenvalue weighted by Crippen LogP contribution is -2.05. The predicted molar refractivity (Wildman–Crippen MR) is 88.7 cm³/mol. The third-order valence-electron chi connectivity index (χ3n) is 2.91. The highest BCUT2D eigenvalue weighted by atomic mass is 32.2. The Morgan fingerprint density at radius 3 is 2.71 bits per heavy atom. The van der Waals surface area contributed by atoms with Gasteiger partial charge in [0.2, 0.25) is 5.89 Å². The molecule has 4 nitrogen and oxygen atoms in total. The van der Waals surface area contributed by atoms with Gasteiger partial charge in [0.15, 0.2) is 5.82 Å². The number of rotatable bonds is 8. The second-order valence-corrected chi connectivity index (χ2v) is 6.59. The number of thioether (sulfide) groups is 1. The van der Waals surface area contributed by atoms with Crippen molar-refractivity contribution < 1.29 is 4.52 Å². The van der Waals surface area contributed by atoms with E-state index in [-0.39, 0.29) is 0 Å². The molecule has 1 aromatic heterocycles. The van der Waals surface area contributed by atoms with Crippen LogP contribution in [-0.2, 0) is 12.2 Å². The average molecular weight is 305 g/mol. The van der Waals surface area contributed by atoms with Gasteiger partial charge in [-0.05, 0) is 30.7 Å². The molecule has 0 fully saturated rings. The van der Waals surface area contributed by atoms with Gasteiger partial charge in [-0.1, -0.05) is 36.7 Å².